The van der Waals surface area contributed by atoms with Crippen molar-refractivity contribution >= 4 is 87.8 Å². The monoisotopic (exact) mass is 1160 g/mol. The summed E-state index contributed by atoms with van der Waals surface area (Å²) in [5.74, 6) is -0.240. The van der Waals surface area contributed by atoms with Gasteiger partial charge in [0.1, 0.15) is 46.6 Å². The highest BCUT2D eigenvalue weighted by Gasteiger charge is 2.62. The fourth-order valence-corrected chi connectivity index (χ4v) is 10.8. The maximum atomic E-state index is 14.6. The van der Waals surface area contributed by atoms with Crippen LogP contribution < -0.4 is 44.5 Å². The van der Waals surface area contributed by atoms with E-state index in [-0.39, 0.29) is 36.6 Å². The normalized spacial score (nSPS) is 20.5. The van der Waals surface area contributed by atoms with Crippen molar-refractivity contribution in [3.05, 3.63) is 55.6 Å². The van der Waals surface area contributed by atoms with Crippen molar-refractivity contribution in [1.29, 1.82) is 0 Å². The third-order valence-electron chi connectivity index (χ3n) is 12.5. The molecule has 4 aromatic rings. The molecule has 400 valence electrons. The fourth-order valence-electron chi connectivity index (χ4n) is 8.45. The van der Waals surface area contributed by atoms with Crippen LogP contribution in [0.5, 0.6) is 29.0 Å². The standard InChI is InChI=1S/C38H54BrN5O11S.C12H12BrNO3/c1-11-21-19-38(21,33(47)43-56(49,50)55-37(9)15-16-37)42-31(45)24-17-22(20-44(24)32(46)30(35(3,4)5)41-34(48)54-36(6,7)8)53-26-18-27(52-12-2)40-29-23(26)13-14-25(51-10)28(29)39;1-3-17-10-6-8(15)7-4-5-9(16-2)11(13)12(7)14-10/h13-14,18,21-22,24,30H,11-12,15-17,19-20H2,1-10H3,(H,41,48)(H,42,45)(H,43,47);4-6H,3H2,1-2H3,(H,14,15)/t21-,22-,24+,30-,38-;/m1./s1. The summed E-state index contributed by atoms with van der Waals surface area (Å²) in [6, 6.07) is 7.76. The number of amides is 4. The van der Waals surface area contributed by atoms with E-state index in [1.165, 1.54) is 18.1 Å². The number of fused-ring (bicyclic) bond motifs is 2. The van der Waals surface area contributed by atoms with Crippen LogP contribution in [0.3, 0.4) is 0 Å². The predicted molar refractivity (Wildman–Crippen MR) is 279 cm³/mol. The highest BCUT2D eigenvalue weighted by Crippen LogP contribution is 2.47. The Kier molecular flexibility index (Phi) is 17.3. The van der Waals surface area contributed by atoms with Gasteiger partial charge in [0.15, 0.2) is 11.3 Å². The van der Waals surface area contributed by atoms with Gasteiger partial charge in [-0.1, -0.05) is 34.1 Å². The lowest BCUT2D eigenvalue weighted by molar-refractivity contribution is -0.143. The topological polar surface area (TPSA) is 252 Å². The Morgan fingerprint density at radius 3 is 2.10 bits per heavy atom. The van der Waals surface area contributed by atoms with Crippen LogP contribution in [-0.2, 0) is 33.6 Å². The zero-order valence-corrected chi connectivity index (χ0v) is 47.2. The lowest BCUT2D eigenvalue weighted by Crippen LogP contribution is -2.60. The van der Waals surface area contributed by atoms with Crippen molar-refractivity contribution in [2.75, 3.05) is 34.0 Å². The zero-order valence-electron chi connectivity index (χ0n) is 43.2. The van der Waals surface area contributed by atoms with Gasteiger partial charge in [0.25, 0.3) is 5.91 Å². The summed E-state index contributed by atoms with van der Waals surface area (Å²) >= 11 is 6.98. The second-order valence-electron chi connectivity index (χ2n) is 20.4. The molecule has 2 aliphatic carbocycles. The number of halogens is 2. The van der Waals surface area contributed by atoms with Crippen LogP contribution in [0.4, 0.5) is 4.79 Å². The van der Waals surface area contributed by atoms with E-state index in [1.54, 1.807) is 85.9 Å². The minimum Gasteiger partial charge on any atom is -0.495 e. The molecule has 20 nitrogen and oxygen atoms in total. The van der Waals surface area contributed by atoms with Crippen LogP contribution in [-0.4, -0.2) is 116 Å². The van der Waals surface area contributed by atoms with Crippen molar-refractivity contribution in [2.45, 2.75) is 136 Å². The van der Waals surface area contributed by atoms with Crippen LogP contribution in [0.1, 0.15) is 101 Å². The van der Waals surface area contributed by atoms with E-state index < -0.39 is 74.5 Å². The third kappa shape index (κ3) is 13.5. The number of hydrogen-bond acceptors (Lipinski definition) is 15. The molecular formula is C50H66Br2N6O14S. The molecule has 23 heteroatoms. The van der Waals surface area contributed by atoms with Gasteiger partial charge in [0.2, 0.25) is 17.7 Å². The largest absolute Gasteiger partial charge is 0.495 e. The number of pyridine rings is 2. The average Bonchev–Trinajstić information content (AvgIpc) is 4.16. The fraction of sp³-hybridized carbons (Fsp3) is 0.560. The summed E-state index contributed by atoms with van der Waals surface area (Å²) in [5, 5.41) is 6.74. The van der Waals surface area contributed by atoms with Gasteiger partial charge in [-0.25, -0.2) is 18.7 Å². The van der Waals surface area contributed by atoms with Gasteiger partial charge in [-0.15, -0.1) is 0 Å². The first-order chi connectivity index (χ1) is 34.1. The van der Waals surface area contributed by atoms with E-state index in [4.69, 9.17) is 32.6 Å². The molecule has 1 saturated heterocycles. The van der Waals surface area contributed by atoms with Gasteiger partial charge in [0.05, 0.1) is 59.6 Å². The minimum atomic E-state index is -4.47. The quantitative estimate of drug-likeness (QED) is 0.0794. The SMILES string of the molecule is CCOc1cc(=O)c2ccc(OC)c(Br)c2[nH]1.CCOc1cc(O[C@@H]2C[C@@H](C(=O)N[C@]3(C(=O)NS(=O)(=O)OC4(C)CC4)C[C@H]3CC)N(C(=O)[C@@H](NC(=O)OC(C)(C)C)C(C)(C)C)C2)c2ccc(OC)c(Br)c2n1. The Bertz CT molecular complexity index is 2920. The molecule has 3 fully saturated rings. The first-order valence-electron chi connectivity index (χ1n) is 24.0. The van der Waals surface area contributed by atoms with Crippen LogP contribution in [0.2, 0.25) is 0 Å². The van der Waals surface area contributed by atoms with E-state index in [1.807, 2.05) is 25.5 Å². The second kappa shape index (κ2) is 22.2. The molecule has 2 aromatic carbocycles. The zero-order chi connectivity index (χ0) is 54.0. The molecule has 0 spiro atoms. The number of hydrogen-bond donors (Lipinski definition) is 4. The van der Waals surface area contributed by atoms with E-state index in [0.29, 0.717) is 81.9 Å². The Morgan fingerprint density at radius 2 is 1.53 bits per heavy atom. The van der Waals surface area contributed by atoms with Crippen molar-refractivity contribution in [1.82, 2.24) is 30.2 Å². The molecule has 0 radical (unpaired) electrons. The van der Waals surface area contributed by atoms with Crippen LogP contribution in [0.15, 0.2) is 50.1 Å². The van der Waals surface area contributed by atoms with Gasteiger partial charge in [-0.05, 0) is 128 Å². The average molecular weight is 1170 g/mol. The summed E-state index contributed by atoms with van der Waals surface area (Å²) in [6.07, 6.45) is 0.118. The second-order valence-corrected chi connectivity index (χ2v) is 23.3. The summed E-state index contributed by atoms with van der Waals surface area (Å²) in [4.78, 5) is 76.7. The summed E-state index contributed by atoms with van der Waals surface area (Å²) in [5.41, 5.74) is -3.02. The number of nitrogens with zero attached hydrogens (tertiary/aromatic N) is 2. The molecule has 7 rings (SSSR count). The molecule has 73 heavy (non-hydrogen) atoms. The molecule has 0 unspecified atom stereocenters. The number of nitrogens with one attached hydrogen (secondary N) is 4. The van der Waals surface area contributed by atoms with Crippen LogP contribution >= 0.6 is 31.9 Å². The molecule has 5 atom stereocenters. The highest BCUT2D eigenvalue weighted by atomic mass is 79.9. The molecule has 4 N–H and O–H groups in total. The van der Waals surface area contributed by atoms with Crippen LogP contribution in [0, 0.1) is 11.3 Å². The van der Waals surface area contributed by atoms with Gasteiger partial charge in [-0.2, -0.15) is 8.42 Å². The van der Waals surface area contributed by atoms with Crippen molar-refractivity contribution in [3.8, 4) is 29.0 Å². The maximum Gasteiger partial charge on any atom is 0.408 e. The number of methoxy groups -OCH3 is 2. The molecule has 2 saturated carbocycles. The first kappa shape index (κ1) is 56.9. The Hall–Kier alpha value is -5.39. The number of aromatic amines is 1. The molecular weight excluding hydrogens is 1100 g/mol. The lowest BCUT2D eigenvalue weighted by atomic mass is 9.85. The Balaban J connectivity index is 0.000000429. The number of benzene rings is 2. The Labute approximate surface area is 442 Å². The van der Waals surface area contributed by atoms with Gasteiger partial charge < -0.3 is 48.9 Å². The van der Waals surface area contributed by atoms with E-state index >= 15 is 0 Å². The predicted octanol–water partition coefficient (Wildman–Crippen LogP) is 7.61. The summed E-state index contributed by atoms with van der Waals surface area (Å²) < 4.78 is 67.9. The number of likely N-dealkylation sites (tertiary alicyclic amines) is 1. The molecule has 3 aliphatic rings. The molecule has 4 amide bonds. The van der Waals surface area contributed by atoms with Crippen LogP contribution in [0.25, 0.3) is 21.8 Å². The van der Waals surface area contributed by atoms with E-state index in [2.05, 4.69) is 52.5 Å². The first-order valence-corrected chi connectivity index (χ1v) is 27.0. The summed E-state index contributed by atoms with van der Waals surface area (Å²) in [7, 11) is -1.36. The van der Waals surface area contributed by atoms with Crippen molar-refractivity contribution in [3.63, 3.8) is 0 Å². The lowest BCUT2D eigenvalue weighted by Gasteiger charge is -2.36. The maximum absolute atomic E-state index is 14.6. The number of H-pyrrole nitrogens is 1. The Morgan fingerprint density at radius 1 is 0.904 bits per heavy atom. The van der Waals surface area contributed by atoms with Crippen molar-refractivity contribution < 1.29 is 60.2 Å². The molecule has 1 aliphatic heterocycles. The molecule has 0 bridgehead atoms. The van der Waals surface area contributed by atoms with Gasteiger partial charge in [0, 0.05) is 29.3 Å². The number of aromatic nitrogens is 2. The van der Waals surface area contributed by atoms with Crippen molar-refractivity contribution in [2.24, 2.45) is 11.3 Å². The smallest absolute Gasteiger partial charge is 0.408 e. The highest BCUT2D eigenvalue weighted by molar-refractivity contribution is 9.11. The van der Waals surface area contributed by atoms with Gasteiger partial charge in [-0.3, -0.25) is 19.2 Å². The summed E-state index contributed by atoms with van der Waals surface area (Å²) in [6.45, 7) is 18.3. The van der Waals surface area contributed by atoms with E-state index in [9.17, 15) is 32.4 Å². The number of carbonyl (C=O) groups is 4. The van der Waals surface area contributed by atoms with Gasteiger partial charge >= 0.3 is 16.4 Å². The van der Waals surface area contributed by atoms with E-state index in [0.717, 1.165) is 4.47 Å². The number of carbonyl (C=O) groups excluding carboxylic acids is 4. The third-order valence-corrected chi connectivity index (χ3v) is 15.1. The minimum absolute atomic E-state index is 0.0137. The number of alkyl carbamates (subject to hydrolysis) is 1. The molecule has 3 heterocycles. The number of rotatable bonds is 17. The molecule has 2 aromatic heterocycles. The number of ether oxygens (including phenoxy) is 6.